The molecular weight excluding hydrogens is 178 g/mol. The van der Waals surface area contributed by atoms with Gasteiger partial charge in [0.25, 0.3) is 0 Å². The van der Waals surface area contributed by atoms with Crippen molar-refractivity contribution < 1.29 is 9.53 Å². The number of ketones is 1. The van der Waals surface area contributed by atoms with Crippen LogP contribution in [-0.2, 0) is 0 Å². The van der Waals surface area contributed by atoms with Gasteiger partial charge in [0.2, 0.25) is 0 Å². The predicted molar refractivity (Wildman–Crippen MR) is 55.2 cm³/mol. The summed E-state index contributed by atoms with van der Waals surface area (Å²) in [5, 5.41) is 0. The van der Waals surface area contributed by atoms with Crippen molar-refractivity contribution in [1.82, 2.24) is 0 Å². The number of carbonyl (C=O) groups is 1. The van der Waals surface area contributed by atoms with Gasteiger partial charge in [0.1, 0.15) is 5.75 Å². The number of hydrogen-bond acceptors (Lipinski definition) is 3. The van der Waals surface area contributed by atoms with E-state index < -0.39 is 0 Å². The second-order valence-electron chi connectivity index (χ2n) is 3.48. The first-order valence-electron chi connectivity index (χ1n) is 4.65. The number of ether oxygens (including phenoxy) is 1. The average Bonchev–Trinajstić information content (AvgIpc) is 2.23. The normalized spacial score (nSPS) is 15.3. The molecule has 1 aliphatic rings. The summed E-state index contributed by atoms with van der Waals surface area (Å²) < 4.78 is 5.13. The van der Waals surface area contributed by atoms with Crippen molar-refractivity contribution in [3.8, 4) is 5.75 Å². The largest absolute Gasteiger partial charge is 0.497 e. The molecule has 0 N–H and O–H groups in total. The first-order valence-corrected chi connectivity index (χ1v) is 4.65. The molecule has 2 rings (SSSR count). The quantitative estimate of drug-likeness (QED) is 0.677. The Hall–Kier alpha value is -1.51. The summed E-state index contributed by atoms with van der Waals surface area (Å²) in [6.07, 6.45) is 0.607. The molecule has 1 aromatic carbocycles. The Kier molecular flexibility index (Phi) is 2.15. The van der Waals surface area contributed by atoms with E-state index in [-0.39, 0.29) is 5.78 Å². The van der Waals surface area contributed by atoms with E-state index in [1.54, 1.807) is 7.11 Å². The van der Waals surface area contributed by atoms with Crippen molar-refractivity contribution in [2.24, 2.45) is 0 Å². The van der Waals surface area contributed by atoms with Gasteiger partial charge in [-0.15, -0.1) is 0 Å². The van der Waals surface area contributed by atoms with Crippen LogP contribution in [0.15, 0.2) is 18.2 Å². The number of benzene rings is 1. The van der Waals surface area contributed by atoms with Crippen LogP contribution in [-0.4, -0.2) is 26.5 Å². The lowest BCUT2D eigenvalue weighted by Crippen LogP contribution is -2.28. The van der Waals surface area contributed by atoms with Gasteiger partial charge < -0.3 is 9.64 Å². The fourth-order valence-corrected chi connectivity index (χ4v) is 1.71. The highest BCUT2D eigenvalue weighted by molar-refractivity contribution is 6.03. The highest BCUT2D eigenvalue weighted by Gasteiger charge is 2.20. The van der Waals surface area contributed by atoms with E-state index in [4.69, 9.17) is 4.74 Å². The number of nitrogens with zero attached hydrogens (tertiary/aromatic N) is 1. The zero-order chi connectivity index (χ0) is 10.1. The fourth-order valence-electron chi connectivity index (χ4n) is 1.71. The second-order valence-corrected chi connectivity index (χ2v) is 3.48. The van der Waals surface area contributed by atoms with E-state index >= 15 is 0 Å². The monoisotopic (exact) mass is 191 g/mol. The molecule has 0 fully saturated rings. The topological polar surface area (TPSA) is 29.5 Å². The van der Waals surface area contributed by atoms with Crippen LogP contribution in [0.2, 0.25) is 0 Å². The summed E-state index contributed by atoms with van der Waals surface area (Å²) in [4.78, 5) is 13.6. The summed E-state index contributed by atoms with van der Waals surface area (Å²) in [5.74, 6) is 1.02. The molecule has 3 heteroatoms. The average molecular weight is 191 g/mol. The molecule has 0 aliphatic carbocycles. The molecule has 0 atom stereocenters. The Balaban J connectivity index is 2.50. The summed E-state index contributed by atoms with van der Waals surface area (Å²) in [6.45, 7) is 0.791. The van der Waals surface area contributed by atoms with E-state index in [0.717, 1.165) is 23.5 Å². The van der Waals surface area contributed by atoms with E-state index in [1.165, 1.54) is 0 Å². The van der Waals surface area contributed by atoms with Gasteiger partial charge in [0.05, 0.1) is 12.8 Å². The minimum absolute atomic E-state index is 0.223. The van der Waals surface area contributed by atoms with Crippen molar-refractivity contribution in [3.05, 3.63) is 23.8 Å². The summed E-state index contributed by atoms with van der Waals surface area (Å²) >= 11 is 0. The van der Waals surface area contributed by atoms with Crippen LogP contribution >= 0.6 is 0 Å². The summed E-state index contributed by atoms with van der Waals surface area (Å²) in [6, 6.07) is 5.58. The lowest BCUT2D eigenvalue weighted by Gasteiger charge is -2.26. The van der Waals surface area contributed by atoms with Gasteiger partial charge in [-0.05, 0) is 12.1 Å². The molecule has 1 heterocycles. The Bertz CT molecular complexity index is 374. The number of rotatable bonds is 1. The van der Waals surface area contributed by atoms with Crippen LogP contribution < -0.4 is 9.64 Å². The number of carbonyl (C=O) groups excluding carboxylic acids is 1. The van der Waals surface area contributed by atoms with Gasteiger partial charge >= 0.3 is 0 Å². The standard InChI is InChI=1S/C11H13NO2/c1-12-6-5-11(13)9-4-3-8(14-2)7-10(9)12/h3-4,7H,5-6H2,1-2H3. The van der Waals surface area contributed by atoms with Crippen LogP contribution in [0.1, 0.15) is 16.8 Å². The molecule has 0 saturated heterocycles. The van der Waals surface area contributed by atoms with E-state index in [9.17, 15) is 4.79 Å². The van der Waals surface area contributed by atoms with E-state index in [2.05, 4.69) is 4.90 Å². The van der Waals surface area contributed by atoms with Crippen molar-refractivity contribution in [2.45, 2.75) is 6.42 Å². The number of hydrogen-bond donors (Lipinski definition) is 0. The summed E-state index contributed by atoms with van der Waals surface area (Å²) in [5.41, 5.74) is 1.78. The number of fused-ring (bicyclic) bond motifs is 1. The van der Waals surface area contributed by atoms with Gasteiger partial charge in [-0.25, -0.2) is 0 Å². The van der Waals surface area contributed by atoms with Crippen molar-refractivity contribution in [2.75, 3.05) is 25.6 Å². The number of Topliss-reactive ketones (excluding diaryl/α,β-unsaturated/α-hetero) is 1. The zero-order valence-electron chi connectivity index (χ0n) is 8.41. The highest BCUT2D eigenvalue weighted by Crippen LogP contribution is 2.29. The van der Waals surface area contributed by atoms with Gasteiger partial charge in [-0.3, -0.25) is 4.79 Å². The predicted octanol–water partition coefficient (Wildman–Crippen LogP) is 1.72. The van der Waals surface area contributed by atoms with Crippen LogP contribution in [0.5, 0.6) is 5.75 Å². The lowest BCUT2D eigenvalue weighted by atomic mass is 10.0. The molecule has 3 nitrogen and oxygen atoms in total. The number of anilines is 1. The molecule has 0 radical (unpaired) electrons. The molecular formula is C11H13NO2. The molecule has 0 aromatic heterocycles. The molecule has 1 aromatic rings. The minimum atomic E-state index is 0.223. The van der Waals surface area contributed by atoms with Crippen molar-refractivity contribution >= 4 is 11.5 Å². The second kappa shape index (κ2) is 3.33. The minimum Gasteiger partial charge on any atom is -0.497 e. The maximum atomic E-state index is 11.6. The lowest BCUT2D eigenvalue weighted by molar-refractivity contribution is 0.0980. The molecule has 0 bridgehead atoms. The summed E-state index contributed by atoms with van der Waals surface area (Å²) in [7, 11) is 3.62. The van der Waals surface area contributed by atoms with E-state index in [0.29, 0.717) is 6.42 Å². The molecule has 14 heavy (non-hydrogen) atoms. The molecule has 0 amide bonds. The number of methoxy groups -OCH3 is 1. The molecule has 1 aliphatic heterocycles. The van der Waals surface area contributed by atoms with Crippen LogP contribution in [0.3, 0.4) is 0 Å². The first-order chi connectivity index (χ1) is 6.72. The smallest absolute Gasteiger partial charge is 0.166 e. The van der Waals surface area contributed by atoms with Gasteiger partial charge in [0, 0.05) is 31.6 Å². The molecule has 0 spiro atoms. The maximum Gasteiger partial charge on any atom is 0.166 e. The van der Waals surface area contributed by atoms with Crippen molar-refractivity contribution in [3.63, 3.8) is 0 Å². The highest BCUT2D eigenvalue weighted by atomic mass is 16.5. The molecule has 0 saturated carbocycles. The van der Waals surface area contributed by atoms with E-state index in [1.807, 2.05) is 25.2 Å². The first kappa shape index (κ1) is 9.06. The molecule has 74 valence electrons. The van der Waals surface area contributed by atoms with Crippen molar-refractivity contribution in [1.29, 1.82) is 0 Å². The third-order valence-corrected chi connectivity index (χ3v) is 2.59. The Morgan fingerprint density at radius 2 is 2.21 bits per heavy atom. The zero-order valence-corrected chi connectivity index (χ0v) is 8.41. The van der Waals surface area contributed by atoms with Gasteiger partial charge in [-0.2, -0.15) is 0 Å². The Morgan fingerprint density at radius 1 is 1.43 bits per heavy atom. The van der Waals surface area contributed by atoms with Crippen LogP contribution in [0.4, 0.5) is 5.69 Å². The van der Waals surface area contributed by atoms with Crippen LogP contribution in [0, 0.1) is 0 Å². The SMILES string of the molecule is COc1ccc2c(c1)N(C)CCC2=O. The van der Waals surface area contributed by atoms with Gasteiger partial charge in [0.15, 0.2) is 5.78 Å². The third-order valence-electron chi connectivity index (χ3n) is 2.59. The maximum absolute atomic E-state index is 11.6. The Labute approximate surface area is 83.3 Å². The fraction of sp³-hybridized carbons (Fsp3) is 0.364. The van der Waals surface area contributed by atoms with Gasteiger partial charge in [-0.1, -0.05) is 0 Å². The third kappa shape index (κ3) is 1.35. The van der Waals surface area contributed by atoms with Crippen LogP contribution in [0.25, 0.3) is 0 Å². The Morgan fingerprint density at radius 3 is 2.93 bits per heavy atom. The molecule has 0 unspecified atom stereocenters.